The van der Waals surface area contributed by atoms with Crippen molar-refractivity contribution in [2.45, 2.75) is 44.7 Å². The van der Waals surface area contributed by atoms with Crippen molar-refractivity contribution in [1.29, 1.82) is 0 Å². The highest BCUT2D eigenvalue weighted by molar-refractivity contribution is 6.79. The Morgan fingerprint density at radius 3 is 1.31 bits per heavy atom. The fraction of sp³-hybridized carbons (Fsp3) is 0.600. The topological polar surface area (TPSA) is 0 Å². The van der Waals surface area contributed by atoms with Crippen LogP contribution in [0.1, 0.15) is 36.5 Å². The van der Waals surface area contributed by atoms with Crippen LogP contribution in [0.5, 0.6) is 0 Å². The van der Waals surface area contributed by atoms with Crippen molar-refractivity contribution in [3.63, 3.8) is 0 Å². The summed E-state index contributed by atoms with van der Waals surface area (Å²) in [4.78, 5) is 0. The Bertz CT molecular complexity index is 738. The second kappa shape index (κ2) is 9.73. The summed E-state index contributed by atoms with van der Waals surface area (Å²) in [5.74, 6) is -0.125. The average Bonchev–Trinajstić information content (AvgIpc) is 2.51. The summed E-state index contributed by atoms with van der Waals surface area (Å²) in [6.45, 7) is 3.70. The number of hydrogen-bond acceptors (Lipinski definition) is 0. The normalized spacial score (nSPS) is 15.2. The standard InChI is InChI=1S/C15H10Cl14/c1-6(2)8-4-3-7(10(16,17)12(20,21)14(24,25)26)5-9(8)11(18,19)13(22,23)15(27,28)29/h3-6H,1-2H3. The lowest BCUT2D eigenvalue weighted by Crippen LogP contribution is -2.47. The molecule has 0 aliphatic rings. The van der Waals surface area contributed by atoms with Crippen LogP contribution in [0, 0.1) is 0 Å². The van der Waals surface area contributed by atoms with E-state index < -0.39 is 24.9 Å². The maximum absolute atomic E-state index is 6.53. The molecule has 0 aromatic heterocycles. The highest BCUT2D eigenvalue weighted by Gasteiger charge is 2.63. The molecule has 0 bridgehead atoms. The molecule has 0 N–H and O–H groups in total. The minimum atomic E-state index is -2.31. The third-order valence-corrected chi connectivity index (χ3v) is 11.8. The first-order valence-corrected chi connectivity index (χ1v) is 12.6. The third-order valence-electron chi connectivity index (χ3n) is 3.88. The summed E-state index contributed by atoms with van der Waals surface area (Å²) in [5.41, 5.74) is 0.783. The van der Waals surface area contributed by atoms with Gasteiger partial charge in [0.05, 0.1) is 0 Å². The largest absolute Gasteiger partial charge is 0.226 e. The van der Waals surface area contributed by atoms with Gasteiger partial charge in [-0.15, -0.1) is 0 Å². The molecular weight excluding hydrogens is 677 g/mol. The van der Waals surface area contributed by atoms with E-state index in [1.807, 2.05) is 13.8 Å². The quantitative estimate of drug-likeness (QED) is 0.271. The summed E-state index contributed by atoms with van der Waals surface area (Å²) in [5, 5.41) is 0. The zero-order valence-corrected chi connectivity index (χ0v) is 24.7. The molecule has 1 aromatic rings. The Labute approximate surface area is 239 Å². The molecule has 168 valence electrons. The van der Waals surface area contributed by atoms with E-state index in [0.29, 0.717) is 5.56 Å². The van der Waals surface area contributed by atoms with E-state index in [0.717, 1.165) is 0 Å². The van der Waals surface area contributed by atoms with Gasteiger partial charge < -0.3 is 0 Å². The Morgan fingerprint density at radius 1 is 0.586 bits per heavy atom. The summed E-state index contributed by atoms with van der Waals surface area (Å²) in [7, 11) is 0. The molecule has 1 aromatic carbocycles. The summed E-state index contributed by atoms with van der Waals surface area (Å²) >= 11 is 86.1. The molecule has 0 atom stereocenters. The molecule has 0 aliphatic heterocycles. The molecular formula is C15H10Cl14. The van der Waals surface area contributed by atoms with Gasteiger partial charge in [-0.1, -0.05) is 188 Å². The SMILES string of the molecule is CC(C)c1ccc(C(Cl)(Cl)C(Cl)(Cl)C(Cl)(Cl)Cl)cc1C(Cl)(Cl)C(Cl)(Cl)C(Cl)(Cl)Cl. The van der Waals surface area contributed by atoms with Crippen molar-refractivity contribution in [2.75, 3.05) is 0 Å². The van der Waals surface area contributed by atoms with E-state index >= 15 is 0 Å². The summed E-state index contributed by atoms with van der Waals surface area (Å²) in [6, 6.07) is 4.44. The van der Waals surface area contributed by atoms with Crippen LogP contribution in [0.2, 0.25) is 0 Å². The molecule has 0 saturated carbocycles. The first-order chi connectivity index (χ1) is 12.5. The maximum Gasteiger partial charge on any atom is 0.226 e. The van der Waals surface area contributed by atoms with E-state index in [2.05, 4.69) is 0 Å². The lowest BCUT2D eigenvalue weighted by Gasteiger charge is -2.41. The van der Waals surface area contributed by atoms with E-state index in [1.54, 1.807) is 6.07 Å². The third kappa shape index (κ3) is 5.75. The van der Waals surface area contributed by atoms with Crippen LogP contribution >= 0.6 is 162 Å². The van der Waals surface area contributed by atoms with Gasteiger partial charge in [0.2, 0.25) is 16.3 Å². The first-order valence-electron chi connectivity index (χ1n) is 7.33. The minimum absolute atomic E-state index is 0.0654. The van der Waals surface area contributed by atoms with Crippen molar-refractivity contribution in [2.24, 2.45) is 0 Å². The van der Waals surface area contributed by atoms with Gasteiger partial charge in [0.15, 0.2) is 8.67 Å². The lowest BCUT2D eigenvalue weighted by molar-refractivity contribution is 0.668. The van der Waals surface area contributed by atoms with Crippen molar-refractivity contribution < 1.29 is 0 Å². The molecule has 0 saturated heterocycles. The second-order valence-electron chi connectivity index (χ2n) is 6.25. The Hall–Kier alpha value is 3.28. The molecule has 0 unspecified atom stereocenters. The monoisotopic (exact) mass is 680 g/mol. The summed E-state index contributed by atoms with van der Waals surface area (Å²) in [6.07, 6.45) is 0. The molecule has 0 fully saturated rings. The van der Waals surface area contributed by atoms with Gasteiger partial charge >= 0.3 is 0 Å². The average molecular weight is 687 g/mol. The maximum atomic E-state index is 6.53. The van der Waals surface area contributed by atoms with Gasteiger partial charge in [0, 0.05) is 0 Å². The molecule has 0 radical (unpaired) electrons. The van der Waals surface area contributed by atoms with Crippen molar-refractivity contribution in [3.8, 4) is 0 Å². The zero-order chi connectivity index (χ0) is 23.4. The van der Waals surface area contributed by atoms with Crippen LogP contribution in [0.3, 0.4) is 0 Å². The molecule has 0 aliphatic carbocycles. The molecule has 1 rings (SSSR count). The van der Waals surface area contributed by atoms with Gasteiger partial charge in [-0.25, -0.2) is 0 Å². The van der Waals surface area contributed by atoms with Crippen LogP contribution in [0.4, 0.5) is 0 Å². The molecule has 0 spiro atoms. The van der Waals surface area contributed by atoms with E-state index in [4.69, 9.17) is 162 Å². The molecule has 0 nitrogen and oxygen atoms in total. The zero-order valence-electron chi connectivity index (χ0n) is 14.1. The Kier molecular flexibility index (Phi) is 10.2. The molecule has 29 heavy (non-hydrogen) atoms. The molecule has 0 heterocycles. The smallest absolute Gasteiger partial charge is 0.0930 e. The van der Waals surface area contributed by atoms with E-state index in [-0.39, 0.29) is 17.0 Å². The Balaban J connectivity index is 3.83. The van der Waals surface area contributed by atoms with Gasteiger partial charge in [-0.2, -0.15) is 0 Å². The van der Waals surface area contributed by atoms with Crippen LogP contribution in [-0.4, -0.2) is 16.3 Å². The van der Waals surface area contributed by atoms with Crippen molar-refractivity contribution >= 4 is 162 Å². The van der Waals surface area contributed by atoms with Gasteiger partial charge in [-0.05, 0) is 28.7 Å². The highest BCUT2D eigenvalue weighted by Crippen LogP contribution is 2.64. The van der Waals surface area contributed by atoms with Gasteiger partial charge in [-0.3, -0.25) is 0 Å². The predicted molar refractivity (Wildman–Crippen MR) is 137 cm³/mol. The number of alkyl halides is 14. The van der Waals surface area contributed by atoms with Crippen LogP contribution in [-0.2, 0) is 8.67 Å². The fourth-order valence-electron chi connectivity index (χ4n) is 2.23. The number of rotatable bonds is 5. The van der Waals surface area contributed by atoms with Crippen LogP contribution in [0.15, 0.2) is 18.2 Å². The van der Waals surface area contributed by atoms with Gasteiger partial charge in [0.1, 0.15) is 0 Å². The van der Waals surface area contributed by atoms with Crippen LogP contribution in [0.25, 0.3) is 0 Å². The number of hydrogen-bond donors (Lipinski definition) is 0. The highest BCUT2D eigenvalue weighted by atomic mass is 35.6. The van der Waals surface area contributed by atoms with Crippen molar-refractivity contribution in [3.05, 3.63) is 34.9 Å². The summed E-state index contributed by atoms with van der Waals surface area (Å²) < 4.78 is -13.5. The predicted octanol–water partition coefficient (Wildman–Crippen LogP) is 11.2. The Morgan fingerprint density at radius 2 is 0.966 bits per heavy atom. The lowest BCUT2D eigenvalue weighted by atomic mass is 9.90. The second-order valence-corrected chi connectivity index (χ2v) is 16.1. The van der Waals surface area contributed by atoms with Crippen LogP contribution < -0.4 is 0 Å². The van der Waals surface area contributed by atoms with E-state index in [1.165, 1.54) is 12.1 Å². The minimum Gasteiger partial charge on any atom is -0.0930 e. The van der Waals surface area contributed by atoms with E-state index in [9.17, 15) is 0 Å². The van der Waals surface area contributed by atoms with Gasteiger partial charge in [0.25, 0.3) is 0 Å². The fourth-order valence-corrected chi connectivity index (χ4v) is 5.22. The molecule has 0 amide bonds. The molecule has 14 heteroatoms. The number of halogens is 14. The van der Waals surface area contributed by atoms with Crippen molar-refractivity contribution in [1.82, 2.24) is 0 Å². The first kappa shape index (κ1) is 30.3. The number of benzene rings is 1.